The lowest BCUT2D eigenvalue weighted by Gasteiger charge is -2.40. The second-order valence-electron chi connectivity index (χ2n) is 7.82. The highest BCUT2D eigenvalue weighted by atomic mass is 15.3. The first-order chi connectivity index (χ1) is 9.46. The van der Waals surface area contributed by atoms with Crippen molar-refractivity contribution in [1.29, 1.82) is 0 Å². The van der Waals surface area contributed by atoms with E-state index in [1.54, 1.807) is 0 Å². The van der Waals surface area contributed by atoms with Crippen LogP contribution in [0.15, 0.2) is 0 Å². The van der Waals surface area contributed by atoms with E-state index in [0.717, 1.165) is 18.6 Å². The van der Waals surface area contributed by atoms with Crippen LogP contribution in [-0.2, 0) is 0 Å². The summed E-state index contributed by atoms with van der Waals surface area (Å²) in [6.45, 7) is 15.4. The minimum absolute atomic E-state index is 0.251. The number of piperazine rings is 1. The molecule has 2 rings (SSSR count). The molecule has 0 amide bonds. The van der Waals surface area contributed by atoms with Gasteiger partial charge in [0, 0.05) is 43.8 Å². The summed E-state index contributed by atoms with van der Waals surface area (Å²) in [6.07, 6.45) is 7.08. The lowest BCUT2D eigenvalue weighted by atomic mass is 10.1. The summed E-state index contributed by atoms with van der Waals surface area (Å²) in [7, 11) is 0. The molecule has 1 saturated carbocycles. The Labute approximate surface area is 126 Å². The SMILES string of the molecule is CC(CCNC(C)(C)C)N1CCN(C2CCCC2)CC1. The summed E-state index contributed by atoms with van der Waals surface area (Å²) in [5, 5.41) is 3.61. The Hall–Kier alpha value is -0.120. The highest BCUT2D eigenvalue weighted by Crippen LogP contribution is 2.24. The molecule has 2 fully saturated rings. The highest BCUT2D eigenvalue weighted by Gasteiger charge is 2.27. The van der Waals surface area contributed by atoms with Crippen molar-refractivity contribution < 1.29 is 0 Å². The van der Waals surface area contributed by atoms with Crippen molar-refractivity contribution in [3.8, 4) is 0 Å². The first-order valence-corrected chi connectivity index (χ1v) is 8.69. The first kappa shape index (κ1) is 16.3. The minimum Gasteiger partial charge on any atom is -0.312 e. The van der Waals surface area contributed by atoms with Crippen LogP contribution in [0.1, 0.15) is 59.8 Å². The van der Waals surface area contributed by atoms with E-state index in [-0.39, 0.29) is 5.54 Å². The molecular weight excluding hydrogens is 246 g/mol. The summed E-state index contributed by atoms with van der Waals surface area (Å²) < 4.78 is 0. The molecule has 0 aromatic heterocycles. The van der Waals surface area contributed by atoms with Gasteiger partial charge in [0.05, 0.1) is 0 Å². The number of nitrogens with one attached hydrogen (secondary N) is 1. The number of nitrogens with zero attached hydrogens (tertiary/aromatic N) is 2. The molecule has 3 heteroatoms. The van der Waals surface area contributed by atoms with Crippen molar-refractivity contribution in [2.75, 3.05) is 32.7 Å². The monoisotopic (exact) mass is 281 g/mol. The average molecular weight is 281 g/mol. The first-order valence-electron chi connectivity index (χ1n) is 8.69. The zero-order valence-corrected chi connectivity index (χ0v) is 14.1. The zero-order valence-electron chi connectivity index (χ0n) is 14.1. The van der Waals surface area contributed by atoms with Gasteiger partial charge < -0.3 is 5.32 Å². The summed E-state index contributed by atoms with van der Waals surface area (Å²) in [4.78, 5) is 5.44. The predicted molar refractivity (Wildman–Crippen MR) is 87.2 cm³/mol. The van der Waals surface area contributed by atoms with E-state index in [2.05, 4.69) is 42.8 Å². The van der Waals surface area contributed by atoms with Gasteiger partial charge in [-0.05, 0) is 53.5 Å². The van der Waals surface area contributed by atoms with Crippen LogP contribution in [0.4, 0.5) is 0 Å². The van der Waals surface area contributed by atoms with E-state index in [9.17, 15) is 0 Å². The molecule has 0 aromatic carbocycles. The Kier molecular flexibility index (Phi) is 5.88. The normalized spacial score (nSPS) is 25.2. The lowest BCUT2D eigenvalue weighted by molar-refractivity contribution is 0.0723. The van der Waals surface area contributed by atoms with Crippen LogP contribution in [0.3, 0.4) is 0 Å². The average Bonchev–Trinajstić information content (AvgIpc) is 2.91. The molecule has 1 saturated heterocycles. The molecule has 3 nitrogen and oxygen atoms in total. The Bertz CT molecular complexity index is 270. The van der Waals surface area contributed by atoms with Gasteiger partial charge in [0.1, 0.15) is 0 Å². The van der Waals surface area contributed by atoms with E-state index in [1.165, 1.54) is 58.3 Å². The molecule has 118 valence electrons. The van der Waals surface area contributed by atoms with Crippen molar-refractivity contribution in [3.05, 3.63) is 0 Å². The van der Waals surface area contributed by atoms with Gasteiger partial charge in [-0.25, -0.2) is 0 Å². The molecule has 1 aliphatic carbocycles. The number of hydrogen-bond donors (Lipinski definition) is 1. The second kappa shape index (κ2) is 7.24. The van der Waals surface area contributed by atoms with Crippen LogP contribution in [0.5, 0.6) is 0 Å². The van der Waals surface area contributed by atoms with Gasteiger partial charge in [0.2, 0.25) is 0 Å². The number of hydrogen-bond acceptors (Lipinski definition) is 3. The molecule has 0 spiro atoms. The van der Waals surface area contributed by atoms with E-state index < -0.39 is 0 Å². The van der Waals surface area contributed by atoms with Crippen molar-refractivity contribution >= 4 is 0 Å². The molecule has 1 atom stereocenters. The van der Waals surface area contributed by atoms with Crippen LogP contribution in [0.25, 0.3) is 0 Å². The number of rotatable bonds is 5. The Morgan fingerprint density at radius 1 is 1.05 bits per heavy atom. The van der Waals surface area contributed by atoms with Crippen molar-refractivity contribution in [2.24, 2.45) is 0 Å². The largest absolute Gasteiger partial charge is 0.312 e. The fraction of sp³-hybridized carbons (Fsp3) is 1.00. The molecule has 0 radical (unpaired) electrons. The fourth-order valence-electron chi connectivity index (χ4n) is 3.65. The van der Waals surface area contributed by atoms with Crippen molar-refractivity contribution in [2.45, 2.75) is 77.4 Å². The summed E-state index contributed by atoms with van der Waals surface area (Å²) in [5.74, 6) is 0. The molecule has 1 aliphatic heterocycles. The molecule has 1 unspecified atom stereocenters. The van der Waals surface area contributed by atoms with Gasteiger partial charge >= 0.3 is 0 Å². The van der Waals surface area contributed by atoms with Gasteiger partial charge in [0.15, 0.2) is 0 Å². The Morgan fingerprint density at radius 2 is 1.65 bits per heavy atom. The Balaban J connectivity index is 1.65. The predicted octanol–water partition coefficient (Wildman–Crippen LogP) is 2.71. The van der Waals surface area contributed by atoms with E-state index in [1.807, 2.05) is 0 Å². The highest BCUT2D eigenvalue weighted by molar-refractivity contribution is 4.84. The third-order valence-electron chi connectivity index (χ3n) is 5.03. The third kappa shape index (κ3) is 5.01. The van der Waals surface area contributed by atoms with Gasteiger partial charge in [-0.2, -0.15) is 0 Å². The fourth-order valence-corrected chi connectivity index (χ4v) is 3.65. The molecule has 0 bridgehead atoms. The summed E-state index contributed by atoms with van der Waals surface area (Å²) in [6, 6.07) is 1.63. The van der Waals surface area contributed by atoms with E-state index >= 15 is 0 Å². The quantitative estimate of drug-likeness (QED) is 0.836. The van der Waals surface area contributed by atoms with Crippen LogP contribution in [0, 0.1) is 0 Å². The summed E-state index contributed by atoms with van der Waals surface area (Å²) in [5.41, 5.74) is 0.251. The smallest absolute Gasteiger partial charge is 0.0113 e. The van der Waals surface area contributed by atoms with Gasteiger partial charge in [-0.3, -0.25) is 9.80 Å². The third-order valence-corrected chi connectivity index (χ3v) is 5.03. The Morgan fingerprint density at radius 3 is 2.20 bits per heavy atom. The van der Waals surface area contributed by atoms with E-state index in [0.29, 0.717) is 0 Å². The lowest BCUT2D eigenvalue weighted by Crippen LogP contribution is -2.52. The van der Waals surface area contributed by atoms with Crippen LogP contribution < -0.4 is 5.32 Å². The van der Waals surface area contributed by atoms with Gasteiger partial charge in [0.25, 0.3) is 0 Å². The van der Waals surface area contributed by atoms with Crippen LogP contribution in [0.2, 0.25) is 0 Å². The molecule has 1 N–H and O–H groups in total. The second-order valence-corrected chi connectivity index (χ2v) is 7.82. The van der Waals surface area contributed by atoms with Crippen molar-refractivity contribution in [3.63, 3.8) is 0 Å². The van der Waals surface area contributed by atoms with Crippen molar-refractivity contribution in [1.82, 2.24) is 15.1 Å². The molecule has 2 aliphatic rings. The molecule has 20 heavy (non-hydrogen) atoms. The van der Waals surface area contributed by atoms with Crippen LogP contribution >= 0.6 is 0 Å². The molecule has 1 heterocycles. The maximum atomic E-state index is 3.61. The van der Waals surface area contributed by atoms with Crippen LogP contribution in [-0.4, -0.2) is 60.1 Å². The van der Waals surface area contributed by atoms with E-state index in [4.69, 9.17) is 0 Å². The standard InChI is InChI=1S/C17H35N3/c1-15(9-10-18-17(2,3)4)19-11-13-20(14-12-19)16-7-5-6-8-16/h15-16,18H,5-14H2,1-4H3. The van der Waals surface area contributed by atoms with Gasteiger partial charge in [-0.15, -0.1) is 0 Å². The minimum atomic E-state index is 0.251. The zero-order chi connectivity index (χ0) is 14.6. The molecular formula is C17H35N3. The summed E-state index contributed by atoms with van der Waals surface area (Å²) >= 11 is 0. The topological polar surface area (TPSA) is 18.5 Å². The maximum absolute atomic E-state index is 3.61. The molecule has 0 aromatic rings. The van der Waals surface area contributed by atoms with Gasteiger partial charge in [-0.1, -0.05) is 12.8 Å². The maximum Gasteiger partial charge on any atom is 0.0113 e.